The normalized spacial score (nSPS) is 12.7. The molecule has 0 fully saturated rings. The number of benzene rings is 8. The molecule has 0 aliphatic carbocycles. The van der Waals surface area contributed by atoms with Gasteiger partial charge in [0.2, 0.25) is 0 Å². The predicted octanol–water partition coefficient (Wildman–Crippen LogP) is 9.39. The van der Waals surface area contributed by atoms with Crippen molar-refractivity contribution in [3.63, 3.8) is 0 Å². The number of hydrogen-bond acceptors (Lipinski definition) is 3. The Hall–Kier alpha value is -6.59. The predicted molar refractivity (Wildman–Crippen MR) is 205 cm³/mol. The summed E-state index contributed by atoms with van der Waals surface area (Å²) in [6.45, 7) is 0.0331. The van der Waals surface area contributed by atoms with Crippen molar-refractivity contribution in [2.45, 2.75) is 0 Å². The van der Waals surface area contributed by atoms with E-state index in [1.807, 2.05) is 12.1 Å². The van der Waals surface area contributed by atoms with Crippen molar-refractivity contribution < 1.29 is 9.47 Å². The third-order valence-corrected chi connectivity index (χ3v) is 10.3. The Morgan fingerprint density at radius 3 is 1.58 bits per heavy atom. The number of aromatic nitrogens is 2. The van der Waals surface area contributed by atoms with E-state index < -0.39 is 0 Å². The maximum atomic E-state index is 6.72. The van der Waals surface area contributed by atoms with Gasteiger partial charge in [-0.3, -0.25) is 4.57 Å². The summed E-state index contributed by atoms with van der Waals surface area (Å²) in [5.74, 6) is 4.35. The lowest BCUT2D eigenvalue weighted by molar-refractivity contribution is 0.465. The lowest BCUT2D eigenvalue weighted by Gasteiger charge is -2.33. The third kappa shape index (κ3) is 3.86. The first-order valence-electron chi connectivity index (χ1n) is 17.0. The van der Waals surface area contributed by atoms with Gasteiger partial charge < -0.3 is 9.47 Å². The molecule has 50 heavy (non-hydrogen) atoms. The van der Waals surface area contributed by atoms with Crippen molar-refractivity contribution >= 4 is 55.7 Å². The molecule has 2 aliphatic rings. The van der Waals surface area contributed by atoms with Gasteiger partial charge in [0.1, 0.15) is 28.8 Å². The molecular formula is C45H27BN2O2. The highest BCUT2D eigenvalue weighted by atomic mass is 16.5. The molecule has 0 N–H and O–H groups in total. The summed E-state index contributed by atoms with van der Waals surface area (Å²) in [6.07, 6.45) is 0. The van der Waals surface area contributed by atoms with E-state index in [0.717, 1.165) is 100 Å². The van der Waals surface area contributed by atoms with Gasteiger partial charge in [-0.25, -0.2) is 4.98 Å². The summed E-state index contributed by atoms with van der Waals surface area (Å²) in [5.41, 5.74) is 9.80. The van der Waals surface area contributed by atoms with Crippen molar-refractivity contribution in [2.75, 3.05) is 0 Å². The first kappa shape index (κ1) is 27.4. The molecule has 232 valence electrons. The standard InChI is InChI=1S/C45H27BN2O2/c1-2-14-29(15-3-1)48-37-23-11-10-22-36(37)47-45(48)43-32-18-6-4-16-30(32)42(31-17-5-7-19-33(31)43)28-26-40-44-41(27-28)50-39-25-13-9-21-35(39)46(44)34-20-8-12-24-38(34)49-40/h1-27H. The molecule has 0 unspecified atom stereocenters. The summed E-state index contributed by atoms with van der Waals surface area (Å²) in [4.78, 5) is 5.33. The van der Waals surface area contributed by atoms with Crippen LogP contribution in [0.4, 0.5) is 0 Å². The number of ether oxygens (including phenoxy) is 2. The van der Waals surface area contributed by atoms with Crippen LogP contribution in [0.3, 0.4) is 0 Å². The first-order chi connectivity index (χ1) is 24.8. The fourth-order valence-corrected chi connectivity index (χ4v) is 8.25. The second-order valence-corrected chi connectivity index (χ2v) is 13.0. The van der Waals surface area contributed by atoms with Crippen LogP contribution in [-0.4, -0.2) is 16.3 Å². The van der Waals surface area contributed by atoms with Crippen molar-refractivity contribution in [1.82, 2.24) is 9.55 Å². The highest BCUT2D eigenvalue weighted by Gasteiger charge is 2.40. The van der Waals surface area contributed by atoms with Gasteiger partial charge in [-0.05, 0) is 92.1 Å². The summed E-state index contributed by atoms with van der Waals surface area (Å²) in [5, 5.41) is 4.55. The Morgan fingerprint density at radius 1 is 0.460 bits per heavy atom. The molecule has 0 saturated heterocycles. The maximum Gasteiger partial charge on any atom is 0.260 e. The van der Waals surface area contributed by atoms with Crippen LogP contribution in [0.15, 0.2) is 164 Å². The molecule has 2 aliphatic heterocycles. The molecule has 3 heterocycles. The molecule has 4 nitrogen and oxygen atoms in total. The van der Waals surface area contributed by atoms with Crippen LogP contribution in [0, 0.1) is 0 Å². The maximum absolute atomic E-state index is 6.72. The quantitative estimate of drug-likeness (QED) is 0.143. The molecule has 1 aromatic heterocycles. The van der Waals surface area contributed by atoms with E-state index in [4.69, 9.17) is 14.5 Å². The second kappa shape index (κ2) is 10.5. The monoisotopic (exact) mass is 638 g/mol. The van der Waals surface area contributed by atoms with Crippen LogP contribution in [0.25, 0.3) is 60.8 Å². The molecule has 0 spiro atoms. The SMILES string of the molecule is c1ccc(-n2c(-c3c4ccccc4c(-c4cc5c6c(c4)Oc4ccccc4B6c4ccccc4O5)c4ccccc34)nc3ccccc32)cc1. The number of hydrogen-bond donors (Lipinski definition) is 0. The summed E-state index contributed by atoms with van der Waals surface area (Å²) < 4.78 is 15.7. The molecule has 11 rings (SSSR count). The average molecular weight is 639 g/mol. The number of imidazole rings is 1. The summed E-state index contributed by atoms with van der Waals surface area (Å²) in [7, 11) is 0. The van der Waals surface area contributed by atoms with Gasteiger partial charge in [-0.2, -0.15) is 0 Å². The lowest BCUT2D eigenvalue weighted by atomic mass is 9.35. The van der Waals surface area contributed by atoms with Gasteiger partial charge >= 0.3 is 0 Å². The van der Waals surface area contributed by atoms with Crippen LogP contribution >= 0.6 is 0 Å². The van der Waals surface area contributed by atoms with Crippen LogP contribution in [-0.2, 0) is 0 Å². The van der Waals surface area contributed by atoms with Crippen molar-refractivity contribution in [3.05, 3.63) is 164 Å². The van der Waals surface area contributed by atoms with E-state index in [1.54, 1.807) is 0 Å². The topological polar surface area (TPSA) is 36.3 Å². The Bertz CT molecular complexity index is 2710. The van der Waals surface area contributed by atoms with Gasteiger partial charge in [0, 0.05) is 16.7 Å². The Balaban J connectivity index is 1.22. The molecule has 0 radical (unpaired) electrons. The lowest BCUT2D eigenvalue weighted by Crippen LogP contribution is -2.57. The van der Waals surface area contributed by atoms with Crippen molar-refractivity contribution in [2.24, 2.45) is 0 Å². The minimum atomic E-state index is 0.0331. The average Bonchev–Trinajstić information content (AvgIpc) is 3.56. The summed E-state index contributed by atoms with van der Waals surface area (Å²) in [6, 6.07) is 57.5. The number of nitrogens with zero attached hydrogens (tertiary/aromatic N) is 2. The minimum absolute atomic E-state index is 0.0331. The number of para-hydroxylation sites is 5. The molecule has 5 heteroatoms. The van der Waals surface area contributed by atoms with Crippen LogP contribution in [0.5, 0.6) is 23.0 Å². The Morgan fingerprint density at radius 2 is 0.960 bits per heavy atom. The van der Waals surface area contributed by atoms with E-state index in [-0.39, 0.29) is 6.71 Å². The van der Waals surface area contributed by atoms with Crippen LogP contribution in [0.2, 0.25) is 0 Å². The molecule has 0 atom stereocenters. The van der Waals surface area contributed by atoms with Gasteiger partial charge in [0.15, 0.2) is 0 Å². The minimum Gasteiger partial charge on any atom is -0.458 e. The third-order valence-electron chi connectivity index (χ3n) is 10.3. The smallest absolute Gasteiger partial charge is 0.260 e. The summed E-state index contributed by atoms with van der Waals surface area (Å²) >= 11 is 0. The molecule has 8 aromatic carbocycles. The first-order valence-corrected chi connectivity index (χ1v) is 17.0. The molecular weight excluding hydrogens is 611 g/mol. The fourth-order valence-electron chi connectivity index (χ4n) is 8.25. The van der Waals surface area contributed by atoms with E-state index in [9.17, 15) is 0 Å². The zero-order chi connectivity index (χ0) is 32.8. The van der Waals surface area contributed by atoms with Crippen LogP contribution in [0.1, 0.15) is 0 Å². The highest BCUT2D eigenvalue weighted by molar-refractivity contribution is 6.98. The van der Waals surface area contributed by atoms with Gasteiger partial charge in [-0.1, -0.05) is 115 Å². The number of fused-ring (bicyclic) bond motifs is 7. The highest BCUT2D eigenvalue weighted by Crippen LogP contribution is 2.47. The van der Waals surface area contributed by atoms with Crippen molar-refractivity contribution in [1.29, 1.82) is 0 Å². The Labute approximate surface area is 288 Å². The zero-order valence-electron chi connectivity index (χ0n) is 26.9. The molecule has 9 aromatic rings. The fraction of sp³-hybridized carbons (Fsp3) is 0. The molecule has 0 bridgehead atoms. The van der Waals surface area contributed by atoms with E-state index in [1.165, 1.54) is 0 Å². The van der Waals surface area contributed by atoms with E-state index >= 15 is 0 Å². The number of rotatable bonds is 3. The second-order valence-electron chi connectivity index (χ2n) is 13.0. The van der Waals surface area contributed by atoms with E-state index in [0.29, 0.717) is 0 Å². The van der Waals surface area contributed by atoms with Gasteiger partial charge in [0.25, 0.3) is 6.71 Å². The molecule has 0 saturated carbocycles. The van der Waals surface area contributed by atoms with Crippen molar-refractivity contribution in [3.8, 4) is 51.2 Å². The molecule has 0 amide bonds. The van der Waals surface area contributed by atoms with Gasteiger partial charge in [0.05, 0.1) is 11.0 Å². The van der Waals surface area contributed by atoms with E-state index in [2.05, 4.69) is 156 Å². The van der Waals surface area contributed by atoms with Crippen LogP contribution < -0.4 is 25.9 Å². The Kier molecular flexibility index (Phi) is 5.72. The zero-order valence-corrected chi connectivity index (χ0v) is 26.9. The largest absolute Gasteiger partial charge is 0.458 e. The van der Waals surface area contributed by atoms with Gasteiger partial charge in [-0.15, -0.1) is 0 Å².